The van der Waals surface area contributed by atoms with Crippen LogP contribution in [-0.4, -0.2) is 50.5 Å². The lowest BCUT2D eigenvalue weighted by Crippen LogP contribution is -2.51. The second-order valence-electron chi connectivity index (χ2n) is 8.18. The SMILES string of the molecule is CC(C)CNC(=O)[C@@H](C)N(Cc1ccc(Cl)cc1Cl)C(=O)CN(c1ccccc1)S(C)(=O)=O. The van der Waals surface area contributed by atoms with Gasteiger partial charge in [-0.15, -0.1) is 0 Å². The van der Waals surface area contributed by atoms with Gasteiger partial charge in [0.15, 0.2) is 0 Å². The van der Waals surface area contributed by atoms with Crippen LogP contribution in [0.5, 0.6) is 0 Å². The molecule has 10 heteroatoms. The minimum Gasteiger partial charge on any atom is -0.354 e. The summed E-state index contributed by atoms with van der Waals surface area (Å²) >= 11 is 12.3. The molecular formula is C23H29Cl2N3O4S. The number of carbonyl (C=O) groups excluding carboxylic acids is 2. The number of para-hydroxylation sites is 1. The molecule has 0 unspecified atom stereocenters. The average Bonchev–Trinajstić information content (AvgIpc) is 2.74. The number of benzene rings is 2. The van der Waals surface area contributed by atoms with Crippen LogP contribution >= 0.6 is 23.2 Å². The maximum atomic E-state index is 13.4. The summed E-state index contributed by atoms with van der Waals surface area (Å²) in [7, 11) is -3.76. The molecule has 7 nitrogen and oxygen atoms in total. The summed E-state index contributed by atoms with van der Waals surface area (Å²) in [5.74, 6) is -0.648. The summed E-state index contributed by atoms with van der Waals surface area (Å²) in [6, 6.07) is 12.3. The van der Waals surface area contributed by atoms with Crippen LogP contribution in [0.4, 0.5) is 5.69 Å². The number of hydrogen-bond donors (Lipinski definition) is 1. The lowest BCUT2D eigenvalue weighted by atomic mass is 10.1. The fraction of sp³-hybridized carbons (Fsp3) is 0.391. The number of amides is 2. The average molecular weight is 514 g/mol. The lowest BCUT2D eigenvalue weighted by molar-refractivity contribution is -0.139. The van der Waals surface area contributed by atoms with Crippen molar-refractivity contribution in [2.75, 3.05) is 23.7 Å². The highest BCUT2D eigenvalue weighted by atomic mass is 35.5. The number of sulfonamides is 1. The van der Waals surface area contributed by atoms with Gasteiger partial charge in [0.2, 0.25) is 21.8 Å². The van der Waals surface area contributed by atoms with Crippen molar-refractivity contribution >= 4 is 50.7 Å². The highest BCUT2D eigenvalue weighted by Gasteiger charge is 2.30. The minimum atomic E-state index is -3.76. The maximum Gasteiger partial charge on any atom is 0.244 e. The summed E-state index contributed by atoms with van der Waals surface area (Å²) < 4.78 is 25.9. The van der Waals surface area contributed by atoms with Crippen LogP contribution in [-0.2, 0) is 26.2 Å². The summed E-state index contributed by atoms with van der Waals surface area (Å²) in [6.07, 6.45) is 1.03. The second-order valence-corrected chi connectivity index (χ2v) is 10.9. The first-order valence-electron chi connectivity index (χ1n) is 10.4. The molecule has 0 bridgehead atoms. The molecule has 0 fully saturated rings. The predicted molar refractivity (Wildman–Crippen MR) is 133 cm³/mol. The van der Waals surface area contributed by atoms with Gasteiger partial charge >= 0.3 is 0 Å². The number of nitrogens with one attached hydrogen (secondary N) is 1. The molecule has 0 saturated carbocycles. The Morgan fingerprint density at radius 3 is 2.21 bits per heavy atom. The first kappa shape index (κ1) is 27.0. The predicted octanol–water partition coefficient (Wildman–Crippen LogP) is 3.95. The molecule has 0 spiro atoms. The van der Waals surface area contributed by atoms with Gasteiger partial charge in [-0.3, -0.25) is 13.9 Å². The largest absolute Gasteiger partial charge is 0.354 e. The second kappa shape index (κ2) is 11.7. The van der Waals surface area contributed by atoms with E-state index in [-0.39, 0.29) is 18.4 Å². The molecule has 180 valence electrons. The summed E-state index contributed by atoms with van der Waals surface area (Å²) in [5.41, 5.74) is 0.943. The molecule has 0 aliphatic carbocycles. The molecule has 1 N–H and O–H groups in total. The standard InChI is InChI=1S/C23H29Cl2N3O4S/c1-16(2)13-26-23(30)17(3)27(14-18-10-11-19(24)12-21(18)25)22(29)15-28(33(4,31)32)20-8-6-5-7-9-20/h5-12,16-17H,13-15H2,1-4H3,(H,26,30)/t17-/m1/s1. The molecule has 0 heterocycles. The Hall–Kier alpha value is -2.29. The van der Waals surface area contributed by atoms with Crippen molar-refractivity contribution in [3.63, 3.8) is 0 Å². The molecule has 2 aromatic rings. The Balaban J connectivity index is 2.37. The van der Waals surface area contributed by atoms with Crippen molar-refractivity contribution in [1.29, 1.82) is 0 Å². The third-order valence-electron chi connectivity index (χ3n) is 4.93. The number of rotatable bonds is 10. The van der Waals surface area contributed by atoms with Gasteiger partial charge in [0.1, 0.15) is 12.6 Å². The van der Waals surface area contributed by atoms with Gasteiger partial charge in [-0.1, -0.05) is 61.3 Å². The quantitative estimate of drug-likeness (QED) is 0.520. The Morgan fingerprint density at radius 2 is 1.67 bits per heavy atom. The summed E-state index contributed by atoms with van der Waals surface area (Å²) in [6.45, 7) is 5.53. The molecular weight excluding hydrogens is 485 g/mol. The monoisotopic (exact) mass is 513 g/mol. The lowest BCUT2D eigenvalue weighted by Gasteiger charge is -2.31. The van der Waals surface area contributed by atoms with Crippen molar-refractivity contribution in [1.82, 2.24) is 10.2 Å². The van der Waals surface area contributed by atoms with Crippen LogP contribution in [0.2, 0.25) is 10.0 Å². The van der Waals surface area contributed by atoms with Crippen molar-refractivity contribution in [3.8, 4) is 0 Å². The zero-order chi connectivity index (χ0) is 24.8. The molecule has 0 aliphatic rings. The molecule has 2 amide bonds. The highest BCUT2D eigenvalue weighted by Crippen LogP contribution is 2.24. The molecule has 1 atom stereocenters. The summed E-state index contributed by atoms with van der Waals surface area (Å²) in [4.78, 5) is 27.5. The highest BCUT2D eigenvalue weighted by molar-refractivity contribution is 7.92. The zero-order valence-corrected chi connectivity index (χ0v) is 21.4. The van der Waals surface area contributed by atoms with Crippen LogP contribution in [0.25, 0.3) is 0 Å². The molecule has 33 heavy (non-hydrogen) atoms. The van der Waals surface area contributed by atoms with Gasteiger partial charge in [-0.25, -0.2) is 8.42 Å². The third-order valence-corrected chi connectivity index (χ3v) is 6.66. The van der Waals surface area contributed by atoms with Crippen molar-refractivity contribution in [2.24, 2.45) is 5.92 Å². The number of nitrogens with zero attached hydrogens (tertiary/aromatic N) is 2. The number of halogens is 2. The van der Waals surface area contributed by atoms with Crippen LogP contribution < -0.4 is 9.62 Å². The van der Waals surface area contributed by atoms with Crippen LogP contribution in [0.15, 0.2) is 48.5 Å². The first-order chi connectivity index (χ1) is 15.4. The molecule has 2 aromatic carbocycles. The Morgan fingerprint density at radius 1 is 1.03 bits per heavy atom. The number of anilines is 1. The Labute approximate surface area is 205 Å². The van der Waals surface area contributed by atoms with E-state index in [0.29, 0.717) is 27.8 Å². The van der Waals surface area contributed by atoms with Crippen LogP contribution in [0.3, 0.4) is 0 Å². The Bertz CT molecular complexity index is 1080. The van der Waals surface area contributed by atoms with Crippen molar-refractivity contribution < 1.29 is 18.0 Å². The van der Waals surface area contributed by atoms with E-state index in [2.05, 4.69) is 5.32 Å². The zero-order valence-electron chi connectivity index (χ0n) is 19.1. The van der Waals surface area contributed by atoms with E-state index >= 15 is 0 Å². The van der Waals surface area contributed by atoms with E-state index in [1.165, 1.54) is 4.90 Å². The third kappa shape index (κ3) is 7.91. The minimum absolute atomic E-state index is 0.0114. The first-order valence-corrected chi connectivity index (χ1v) is 13.0. The summed E-state index contributed by atoms with van der Waals surface area (Å²) in [5, 5.41) is 3.61. The normalized spacial score (nSPS) is 12.3. The maximum absolute atomic E-state index is 13.4. The molecule has 0 saturated heterocycles. The fourth-order valence-electron chi connectivity index (χ4n) is 3.08. The van der Waals surface area contributed by atoms with E-state index in [1.807, 2.05) is 13.8 Å². The van der Waals surface area contributed by atoms with E-state index in [1.54, 1.807) is 55.5 Å². The molecule has 0 radical (unpaired) electrons. The van der Waals surface area contributed by atoms with E-state index < -0.39 is 28.5 Å². The number of hydrogen-bond acceptors (Lipinski definition) is 4. The Kier molecular flexibility index (Phi) is 9.57. The molecule has 0 aliphatic heterocycles. The van der Waals surface area contributed by atoms with E-state index in [9.17, 15) is 18.0 Å². The van der Waals surface area contributed by atoms with Crippen LogP contribution in [0.1, 0.15) is 26.3 Å². The van der Waals surface area contributed by atoms with E-state index in [4.69, 9.17) is 23.2 Å². The van der Waals surface area contributed by atoms with Gasteiger partial charge in [0.25, 0.3) is 0 Å². The fourth-order valence-corrected chi connectivity index (χ4v) is 4.39. The van der Waals surface area contributed by atoms with Crippen molar-refractivity contribution in [3.05, 3.63) is 64.1 Å². The molecule has 0 aromatic heterocycles. The smallest absolute Gasteiger partial charge is 0.244 e. The van der Waals surface area contributed by atoms with Gasteiger partial charge in [-0.05, 0) is 42.7 Å². The number of carbonyl (C=O) groups is 2. The van der Waals surface area contributed by atoms with Gasteiger partial charge in [-0.2, -0.15) is 0 Å². The van der Waals surface area contributed by atoms with E-state index in [0.717, 1.165) is 10.6 Å². The topological polar surface area (TPSA) is 86.8 Å². The van der Waals surface area contributed by atoms with Gasteiger partial charge in [0, 0.05) is 23.1 Å². The van der Waals surface area contributed by atoms with Crippen LogP contribution in [0, 0.1) is 5.92 Å². The van der Waals surface area contributed by atoms with Gasteiger partial charge in [0.05, 0.1) is 11.9 Å². The van der Waals surface area contributed by atoms with Gasteiger partial charge < -0.3 is 10.2 Å². The van der Waals surface area contributed by atoms with Crippen molar-refractivity contribution in [2.45, 2.75) is 33.4 Å². The molecule has 2 rings (SSSR count).